The van der Waals surface area contributed by atoms with Crippen LogP contribution >= 0.6 is 0 Å². The second-order valence-electron chi connectivity index (χ2n) is 9.71. The van der Waals surface area contributed by atoms with Crippen molar-refractivity contribution in [2.24, 2.45) is 0 Å². The van der Waals surface area contributed by atoms with Gasteiger partial charge in [-0.1, -0.05) is 37.5 Å². The van der Waals surface area contributed by atoms with E-state index in [-0.39, 0.29) is 29.4 Å². The van der Waals surface area contributed by atoms with Gasteiger partial charge in [0.1, 0.15) is 17.4 Å². The van der Waals surface area contributed by atoms with E-state index >= 15 is 0 Å². The summed E-state index contributed by atoms with van der Waals surface area (Å²) in [5.74, 6) is -0.899. The molecule has 0 radical (unpaired) electrons. The number of carboxylic acid groups (broad SMARTS) is 1. The molecule has 1 saturated carbocycles. The quantitative estimate of drug-likeness (QED) is 0.525. The van der Waals surface area contributed by atoms with Crippen LogP contribution in [0.25, 0.3) is 0 Å². The number of hydrogen-bond donors (Lipinski definition) is 2. The fourth-order valence-corrected chi connectivity index (χ4v) is 5.30. The molecule has 9 heteroatoms. The molecule has 194 valence electrons. The Balaban J connectivity index is 1.45. The molecule has 2 aliphatic rings. The molecule has 0 aromatic heterocycles. The molecule has 36 heavy (non-hydrogen) atoms. The van der Waals surface area contributed by atoms with Crippen LogP contribution in [0, 0.1) is 0 Å². The second-order valence-corrected chi connectivity index (χ2v) is 9.71. The molecule has 0 bridgehead atoms. The number of carbonyl (C=O) groups is 2. The number of nitrogens with zero attached hydrogens (tertiary/aromatic N) is 1. The minimum Gasteiger partial charge on any atom is -0.489 e. The van der Waals surface area contributed by atoms with Crippen LogP contribution in [0.15, 0.2) is 48.5 Å². The standard InChI is InChI=1S/C27H31F3N2O4/c1-18(19-8-10-20(11-9-19)24(33)34)31-25(35)26(13-3-2-4-14-26)32-15-12-23(17-32)36-22-7-5-6-21(16-22)27(28,29)30/h5-11,16,18,23H,2-4,12-15,17H2,1H3,(H,31,35)(H,33,34)/t18-,23+/m0/s1. The van der Waals surface area contributed by atoms with E-state index in [0.29, 0.717) is 32.4 Å². The monoisotopic (exact) mass is 504 g/mol. The third-order valence-electron chi connectivity index (χ3n) is 7.32. The second kappa shape index (κ2) is 10.5. The summed E-state index contributed by atoms with van der Waals surface area (Å²) in [6.07, 6.45) is 0.197. The molecular weight excluding hydrogens is 473 g/mol. The Labute approximate surface area is 208 Å². The molecule has 1 saturated heterocycles. The SMILES string of the molecule is C[C@H](NC(=O)C1(N2CC[C@@H](Oc3cccc(C(F)(F)F)c3)C2)CCCCC1)c1ccc(C(=O)O)cc1. The smallest absolute Gasteiger partial charge is 0.416 e. The van der Waals surface area contributed by atoms with Crippen molar-refractivity contribution in [3.8, 4) is 5.75 Å². The summed E-state index contributed by atoms with van der Waals surface area (Å²) >= 11 is 0. The van der Waals surface area contributed by atoms with E-state index in [1.807, 2.05) is 6.92 Å². The van der Waals surface area contributed by atoms with Crippen LogP contribution in [-0.4, -0.2) is 46.6 Å². The molecule has 2 N–H and O–H groups in total. The summed E-state index contributed by atoms with van der Waals surface area (Å²) in [4.78, 5) is 26.9. The summed E-state index contributed by atoms with van der Waals surface area (Å²) in [6.45, 7) is 2.96. The number of aromatic carboxylic acids is 1. The zero-order chi connectivity index (χ0) is 25.9. The summed E-state index contributed by atoms with van der Waals surface area (Å²) in [5.41, 5.74) is -0.445. The molecule has 4 rings (SSSR count). The number of carboxylic acids is 1. The molecular formula is C27H31F3N2O4. The Morgan fingerprint density at radius 1 is 1.11 bits per heavy atom. The molecule has 0 spiro atoms. The Morgan fingerprint density at radius 3 is 2.44 bits per heavy atom. The van der Waals surface area contributed by atoms with Crippen LogP contribution < -0.4 is 10.1 Å². The highest BCUT2D eigenvalue weighted by molar-refractivity contribution is 5.88. The lowest BCUT2D eigenvalue weighted by molar-refractivity contribution is -0.138. The largest absolute Gasteiger partial charge is 0.489 e. The van der Waals surface area contributed by atoms with Gasteiger partial charge < -0.3 is 15.2 Å². The third kappa shape index (κ3) is 5.67. The molecule has 1 amide bonds. The normalized spacial score (nSPS) is 21.1. The maximum Gasteiger partial charge on any atom is 0.416 e. The van der Waals surface area contributed by atoms with Gasteiger partial charge in [-0.15, -0.1) is 0 Å². The highest BCUT2D eigenvalue weighted by Gasteiger charge is 2.47. The molecule has 2 fully saturated rings. The van der Waals surface area contributed by atoms with Crippen molar-refractivity contribution < 1.29 is 32.6 Å². The minimum absolute atomic E-state index is 0.0725. The fourth-order valence-electron chi connectivity index (χ4n) is 5.30. The van der Waals surface area contributed by atoms with Crippen molar-refractivity contribution in [2.45, 2.75) is 69.3 Å². The fraction of sp³-hybridized carbons (Fsp3) is 0.481. The van der Waals surface area contributed by atoms with E-state index in [4.69, 9.17) is 9.84 Å². The van der Waals surface area contributed by atoms with Crippen LogP contribution in [-0.2, 0) is 11.0 Å². The number of benzene rings is 2. The summed E-state index contributed by atoms with van der Waals surface area (Å²) < 4.78 is 45.1. The summed E-state index contributed by atoms with van der Waals surface area (Å²) in [6, 6.07) is 11.0. The summed E-state index contributed by atoms with van der Waals surface area (Å²) in [7, 11) is 0. The Bertz CT molecular complexity index is 1080. The first kappa shape index (κ1) is 26.0. The predicted octanol–water partition coefficient (Wildman–Crippen LogP) is 5.44. The molecule has 6 nitrogen and oxygen atoms in total. The van der Waals surface area contributed by atoms with E-state index in [2.05, 4.69) is 10.2 Å². The number of likely N-dealkylation sites (tertiary alicyclic amines) is 1. The number of amides is 1. The van der Waals surface area contributed by atoms with Gasteiger partial charge in [0.05, 0.1) is 17.2 Å². The average molecular weight is 505 g/mol. The van der Waals surface area contributed by atoms with Crippen LogP contribution in [0.4, 0.5) is 13.2 Å². The van der Waals surface area contributed by atoms with Gasteiger partial charge in [0.2, 0.25) is 5.91 Å². The van der Waals surface area contributed by atoms with Gasteiger partial charge in [-0.2, -0.15) is 13.2 Å². The topological polar surface area (TPSA) is 78.9 Å². The molecule has 2 aromatic carbocycles. The minimum atomic E-state index is -4.43. The number of carbonyl (C=O) groups excluding carboxylic acids is 1. The van der Waals surface area contributed by atoms with E-state index < -0.39 is 23.2 Å². The Hall–Kier alpha value is -3.07. The average Bonchev–Trinajstić information content (AvgIpc) is 3.33. The van der Waals surface area contributed by atoms with E-state index in [1.54, 1.807) is 12.1 Å². The van der Waals surface area contributed by atoms with Gasteiger partial charge in [-0.3, -0.25) is 9.69 Å². The number of ether oxygens (including phenoxy) is 1. The Morgan fingerprint density at radius 2 is 1.81 bits per heavy atom. The van der Waals surface area contributed by atoms with Crippen LogP contribution in [0.5, 0.6) is 5.75 Å². The van der Waals surface area contributed by atoms with Gasteiger partial charge in [-0.05, 0) is 62.1 Å². The van der Waals surface area contributed by atoms with Crippen molar-refractivity contribution in [3.05, 3.63) is 65.2 Å². The van der Waals surface area contributed by atoms with Crippen LogP contribution in [0.2, 0.25) is 0 Å². The highest BCUT2D eigenvalue weighted by Crippen LogP contribution is 2.38. The predicted molar refractivity (Wildman–Crippen MR) is 128 cm³/mol. The number of nitrogens with one attached hydrogen (secondary N) is 1. The molecule has 1 aliphatic carbocycles. The van der Waals surface area contributed by atoms with Crippen molar-refractivity contribution >= 4 is 11.9 Å². The van der Waals surface area contributed by atoms with E-state index in [0.717, 1.165) is 37.0 Å². The number of rotatable bonds is 7. The maximum atomic E-state index is 13.7. The van der Waals surface area contributed by atoms with Gasteiger partial charge in [0.15, 0.2) is 0 Å². The lowest BCUT2D eigenvalue weighted by Crippen LogP contribution is -2.59. The van der Waals surface area contributed by atoms with Crippen molar-refractivity contribution in [2.75, 3.05) is 13.1 Å². The lowest BCUT2D eigenvalue weighted by Gasteiger charge is -2.43. The molecule has 2 atom stereocenters. The Kier molecular flexibility index (Phi) is 7.59. The zero-order valence-corrected chi connectivity index (χ0v) is 20.2. The lowest BCUT2D eigenvalue weighted by atomic mass is 9.79. The van der Waals surface area contributed by atoms with E-state index in [9.17, 15) is 22.8 Å². The van der Waals surface area contributed by atoms with Gasteiger partial charge in [-0.25, -0.2) is 4.79 Å². The van der Waals surface area contributed by atoms with Crippen molar-refractivity contribution in [3.63, 3.8) is 0 Å². The highest BCUT2D eigenvalue weighted by atomic mass is 19.4. The van der Waals surface area contributed by atoms with Crippen LogP contribution in [0.3, 0.4) is 0 Å². The maximum absolute atomic E-state index is 13.7. The first-order valence-corrected chi connectivity index (χ1v) is 12.3. The number of halogens is 3. The molecule has 1 aliphatic heterocycles. The van der Waals surface area contributed by atoms with Gasteiger partial charge in [0.25, 0.3) is 0 Å². The van der Waals surface area contributed by atoms with E-state index in [1.165, 1.54) is 24.3 Å². The van der Waals surface area contributed by atoms with Crippen LogP contribution in [0.1, 0.15) is 73.0 Å². The first-order chi connectivity index (χ1) is 17.1. The van der Waals surface area contributed by atoms with Crippen molar-refractivity contribution in [1.82, 2.24) is 10.2 Å². The number of hydrogen-bond acceptors (Lipinski definition) is 4. The summed E-state index contributed by atoms with van der Waals surface area (Å²) in [5, 5.41) is 12.2. The van der Waals surface area contributed by atoms with Gasteiger partial charge in [0, 0.05) is 13.1 Å². The molecule has 1 heterocycles. The third-order valence-corrected chi connectivity index (χ3v) is 7.32. The zero-order valence-electron chi connectivity index (χ0n) is 20.2. The first-order valence-electron chi connectivity index (χ1n) is 12.3. The van der Waals surface area contributed by atoms with Gasteiger partial charge >= 0.3 is 12.1 Å². The van der Waals surface area contributed by atoms with Crippen molar-refractivity contribution in [1.29, 1.82) is 0 Å². The molecule has 0 unspecified atom stereocenters. The number of alkyl halides is 3. The molecule has 2 aromatic rings.